The van der Waals surface area contributed by atoms with Crippen LogP contribution in [0.5, 0.6) is 0 Å². The largest absolute Gasteiger partial charge is 0.344 e. The van der Waals surface area contributed by atoms with Gasteiger partial charge < -0.3 is 15.7 Å². The SMILES string of the molecule is CC(C)c1ccccc1-c1ncc2[nH]c(=O)n(Cc3ccc(-c4nc(CN)c[nH]4)cc3)c2n1. The van der Waals surface area contributed by atoms with Crippen LogP contribution in [-0.2, 0) is 13.1 Å². The second-order valence-electron chi connectivity index (χ2n) is 8.33. The third-order valence-electron chi connectivity index (χ3n) is 5.74. The predicted octanol–water partition coefficient (Wildman–Crippen LogP) is 3.81. The van der Waals surface area contributed by atoms with Crippen molar-refractivity contribution in [2.24, 2.45) is 5.73 Å². The summed E-state index contributed by atoms with van der Waals surface area (Å²) >= 11 is 0. The fourth-order valence-electron chi connectivity index (χ4n) is 3.99. The first-order chi connectivity index (χ1) is 16.0. The number of rotatable bonds is 6. The van der Waals surface area contributed by atoms with Gasteiger partial charge in [-0.3, -0.25) is 4.57 Å². The van der Waals surface area contributed by atoms with Gasteiger partial charge in [0.2, 0.25) is 0 Å². The fraction of sp³-hybridized carbons (Fsp3) is 0.200. The van der Waals surface area contributed by atoms with Gasteiger partial charge in [-0.05, 0) is 17.0 Å². The number of aromatic amines is 2. The Balaban J connectivity index is 1.49. The van der Waals surface area contributed by atoms with Gasteiger partial charge in [0, 0.05) is 23.9 Å². The van der Waals surface area contributed by atoms with Gasteiger partial charge in [-0.25, -0.2) is 19.7 Å². The number of H-pyrrole nitrogens is 2. The van der Waals surface area contributed by atoms with Gasteiger partial charge in [0.05, 0.1) is 18.4 Å². The second-order valence-corrected chi connectivity index (χ2v) is 8.33. The summed E-state index contributed by atoms with van der Waals surface area (Å²) in [5, 5.41) is 0. The number of nitrogens with one attached hydrogen (secondary N) is 2. The van der Waals surface area contributed by atoms with E-state index < -0.39 is 0 Å². The normalized spacial score (nSPS) is 11.5. The number of nitrogens with zero attached hydrogens (tertiary/aromatic N) is 4. The van der Waals surface area contributed by atoms with E-state index in [4.69, 9.17) is 10.7 Å². The van der Waals surface area contributed by atoms with E-state index in [-0.39, 0.29) is 5.69 Å². The van der Waals surface area contributed by atoms with Crippen LogP contribution in [0.4, 0.5) is 0 Å². The molecule has 166 valence electrons. The van der Waals surface area contributed by atoms with Crippen LogP contribution in [0.25, 0.3) is 33.9 Å². The molecule has 3 heterocycles. The Hall–Kier alpha value is -4.04. The quantitative estimate of drug-likeness (QED) is 0.372. The van der Waals surface area contributed by atoms with Crippen LogP contribution in [0.15, 0.2) is 65.7 Å². The minimum absolute atomic E-state index is 0.212. The first-order valence-corrected chi connectivity index (χ1v) is 10.9. The molecule has 0 atom stereocenters. The van der Waals surface area contributed by atoms with E-state index in [1.807, 2.05) is 48.7 Å². The van der Waals surface area contributed by atoms with Crippen molar-refractivity contribution in [2.75, 3.05) is 0 Å². The highest BCUT2D eigenvalue weighted by atomic mass is 16.1. The van der Waals surface area contributed by atoms with Gasteiger partial charge in [0.15, 0.2) is 11.5 Å². The van der Waals surface area contributed by atoms with Crippen LogP contribution in [0.2, 0.25) is 0 Å². The molecule has 0 amide bonds. The molecule has 4 N–H and O–H groups in total. The number of nitrogens with two attached hydrogens (primary N) is 1. The number of fused-ring (bicyclic) bond motifs is 1. The molecule has 2 aromatic carbocycles. The zero-order valence-corrected chi connectivity index (χ0v) is 18.5. The summed E-state index contributed by atoms with van der Waals surface area (Å²) in [4.78, 5) is 32.5. The number of hydrogen-bond acceptors (Lipinski definition) is 5. The topological polar surface area (TPSA) is 118 Å². The lowest BCUT2D eigenvalue weighted by molar-refractivity contribution is 0.777. The number of benzene rings is 2. The number of imidazole rings is 2. The summed E-state index contributed by atoms with van der Waals surface area (Å²) in [5.74, 6) is 1.72. The molecule has 5 rings (SSSR count). The second kappa shape index (κ2) is 8.48. The Bertz CT molecular complexity index is 1470. The third-order valence-corrected chi connectivity index (χ3v) is 5.74. The molecule has 8 heteroatoms. The lowest BCUT2D eigenvalue weighted by atomic mass is 9.97. The Morgan fingerprint density at radius 2 is 1.85 bits per heavy atom. The Labute approximate surface area is 190 Å². The summed E-state index contributed by atoms with van der Waals surface area (Å²) in [6.07, 6.45) is 3.49. The Kier molecular flexibility index (Phi) is 5.35. The Morgan fingerprint density at radius 1 is 1.06 bits per heavy atom. The molecule has 0 aliphatic rings. The van der Waals surface area contributed by atoms with Crippen molar-refractivity contribution < 1.29 is 0 Å². The first-order valence-electron chi connectivity index (χ1n) is 10.9. The van der Waals surface area contributed by atoms with Gasteiger partial charge in [0.1, 0.15) is 11.3 Å². The van der Waals surface area contributed by atoms with Crippen LogP contribution in [0, 0.1) is 0 Å². The average molecular weight is 440 g/mol. The third kappa shape index (κ3) is 3.96. The van der Waals surface area contributed by atoms with Gasteiger partial charge in [-0.2, -0.15) is 0 Å². The van der Waals surface area contributed by atoms with E-state index >= 15 is 0 Å². The van der Waals surface area contributed by atoms with E-state index in [0.717, 1.165) is 28.2 Å². The first kappa shape index (κ1) is 20.8. The standard InChI is InChI=1S/C25H25N7O/c1-15(2)19-5-3-4-6-20(19)23-28-13-21-24(31-23)32(25(33)30-21)14-16-7-9-17(10-8-16)22-27-12-18(11-26)29-22/h3-10,12-13,15H,11,14,26H2,1-2H3,(H,27,29)(H,30,33). The van der Waals surface area contributed by atoms with Crippen molar-refractivity contribution in [2.45, 2.75) is 32.9 Å². The van der Waals surface area contributed by atoms with Crippen molar-refractivity contribution in [3.05, 3.63) is 88.2 Å². The van der Waals surface area contributed by atoms with Gasteiger partial charge in [-0.1, -0.05) is 62.4 Å². The van der Waals surface area contributed by atoms with Crippen molar-refractivity contribution in [3.8, 4) is 22.8 Å². The van der Waals surface area contributed by atoms with Gasteiger partial charge in [0.25, 0.3) is 0 Å². The van der Waals surface area contributed by atoms with Crippen molar-refractivity contribution in [1.82, 2.24) is 29.5 Å². The van der Waals surface area contributed by atoms with Crippen molar-refractivity contribution in [3.63, 3.8) is 0 Å². The fourth-order valence-corrected chi connectivity index (χ4v) is 3.99. The highest BCUT2D eigenvalue weighted by Crippen LogP contribution is 2.27. The predicted molar refractivity (Wildman–Crippen MR) is 129 cm³/mol. The summed E-state index contributed by atoms with van der Waals surface area (Å²) in [6.45, 7) is 5.08. The zero-order valence-electron chi connectivity index (χ0n) is 18.5. The maximum Gasteiger partial charge on any atom is 0.328 e. The van der Waals surface area contributed by atoms with E-state index in [2.05, 4.69) is 39.8 Å². The summed E-state index contributed by atoms with van der Waals surface area (Å²) in [6, 6.07) is 16.1. The maximum absolute atomic E-state index is 12.7. The Morgan fingerprint density at radius 3 is 2.58 bits per heavy atom. The molecule has 0 saturated carbocycles. The minimum atomic E-state index is -0.212. The molecule has 0 spiro atoms. The lowest BCUT2D eigenvalue weighted by Gasteiger charge is -2.11. The highest BCUT2D eigenvalue weighted by molar-refractivity contribution is 5.73. The van der Waals surface area contributed by atoms with E-state index in [0.29, 0.717) is 36.0 Å². The van der Waals surface area contributed by atoms with Crippen molar-refractivity contribution >= 4 is 11.2 Å². The van der Waals surface area contributed by atoms with E-state index in [1.165, 1.54) is 5.56 Å². The van der Waals surface area contributed by atoms with Gasteiger partial charge in [-0.15, -0.1) is 0 Å². The number of hydrogen-bond donors (Lipinski definition) is 3. The molecule has 3 aromatic heterocycles. The molecular weight excluding hydrogens is 414 g/mol. The molecule has 0 bridgehead atoms. The lowest BCUT2D eigenvalue weighted by Crippen LogP contribution is -2.17. The molecule has 0 fully saturated rings. The average Bonchev–Trinajstić information content (AvgIpc) is 3.44. The smallest absolute Gasteiger partial charge is 0.328 e. The summed E-state index contributed by atoms with van der Waals surface area (Å²) in [5.41, 5.74) is 11.5. The molecule has 5 aromatic rings. The van der Waals surface area contributed by atoms with Crippen molar-refractivity contribution in [1.29, 1.82) is 0 Å². The molecule has 0 saturated heterocycles. The zero-order chi connectivity index (χ0) is 22.9. The van der Waals surface area contributed by atoms with Crippen LogP contribution in [0.3, 0.4) is 0 Å². The molecular formula is C25H25N7O. The molecule has 8 nitrogen and oxygen atoms in total. The highest BCUT2D eigenvalue weighted by Gasteiger charge is 2.15. The van der Waals surface area contributed by atoms with E-state index in [9.17, 15) is 4.79 Å². The molecule has 0 aliphatic carbocycles. The molecule has 0 radical (unpaired) electrons. The summed E-state index contributed by atoms with van der Waals surface area (Å²) in [7, 11) is 0. The summed E-state index contributed by atoms with van der Waals surface area (Å²) < 4.78 is 1.65. The maximum atomic E-state index is 12.7. The van der Waals surface area contributed by atoms with Crippen LogP contribution in [0.1, 0.15) is 36.6 Å². The minimum Gasteiger partial charge on any atom is -0.344 e. The molecule has 0 aliphatic heterocycles. The van der Waals surface area contributed by atoms with E-state index in [1.54, 1.807) is 10.8 Å². The number of aromatic nitrogens is 6. The molecule has 0 unspecified atom stereocenters. The van der Waals surface area contributed by atoms with Crippen LogP contribution in [-0.4, -0.2) is 29.5 Å². The monoisotopic (exact) mass is 439 g/mol. The molecule has 33 heavy (non-hydrogen) atoms. The van der Waals surface area contributed by atoms with Gasteiger partial charge >= 0.3 is 5.69 Å². The van der Waals surface area contributed by atoms with Crippen LogP contribution < -0.4 is 11.4 Å². The van der Waals surface area contributed by atoms with Crippen LogP contribution >= 0.6 is 0 Å².